The van der Waals surface area contributed by atoms with Crippen LogP contribution in [0.1, 0.15) is 18.4 Å². The molecule has 3 rings (SSSR count). The first-order valence-corrected chi connectivity index (χ1v) is 6.13. The molecule has 1 aromatic rings. The van der Waals surface area contributed by atoms with E-state index < -0.39 is 0 Å². The number of aliphatic hydroxyl groups excluding tert-OH is 1. The second kappa shape index (κ2) is 4.64. The van der Waals surface area contributed by atoms with E-state index in [1.807, 2.05) is 23.3 Å². The summed E-state index contributed by atoms with van der Waals surface area (Å²) in [6.45, 7) is 1.17. The number of hydrogen-bond donors (Lipinski definition) is 1. The maximum atomic E-state index is 9.48. The van der Waals surface area contributed by atoms with Gasteiger partial charge in [-0.1, -0.05) is 12.2 Å². The molecule has 2 saturated heterocycles. The van der Waals surface area contributed by atoms with Gasteiger partial charge in [-0.2, -0.15) is 5.06 Å². The molecule has 1 aromatic heterocycles. The Hall–Kier alpha value is -1.10. The highest BCUT2D eigenvalue weighted by molar-refractivity contribution is 5.47. The number of hydrogen-bond acceptors (Lipinski definition) is 4. The van der Waals surface area contributed by atoms with E-state index >= 15 is 0 Å². The van der Waals surface area contributed by atoms with Crippen molar-refractivity contribution in [3.8, 4) is 0 Å². The quantitative estimate of drug-likeness (QED) is 0.865. The van der Waals surface area contributed by atoms with E-state index in [-0.39, 0.29) is 18.6 Å². The summed E-state index contributed by atoms with van der Waals surface area (Å²) in [6.07, 6.45) is 9.63. The van der Waals surface area contributed by atoms with E-state index in [9.17, 15) is 5.11 Å². The fourth-order valence-corrected chi connectivity index (χ4v) is 2.76. The Labute approximate surface area is 100 Å². The summed E-state index contributed by atoms with van der Waals surface area (Å²) >= 11 is 0. The zero-order valence-corrected chi connectivity index (χ0v) is 9.66. The summed E-state index contributed by atoms with van der Waals surface area (Å²) in [5.41, 5.74) is 1.03. The zero-order valence-electron chi connectivity index (χ0n) is 9.66. The summed E-state index contributed by atoms with van der Waals surface area (Å²) in [4.78, 5) is 5.84. The molecule has 0 spiro atoms. The molecule has 0 bridgehead atoms. The van der Waals surface area contributed by atoms with Crippen LogP contribution in [0.5, 0.6) is 0 Å². The first kappa shape index (κ1) is 11.0. The van der Waals surface area contributed by atoms with Crippen LogP contribution in [0.4, 0.5) is 0 Å². The van der Waals surface area contributed by atoms with Crippen LogP contribution in [-0.2, 0) is 4.84 Å². The standard InChI is InChI=1S/C13H17NO3/c15-8-11-12-2-1-6-14(12)17-13(11)4-3-10-5-7-16-9-10/h3-5,7,9,11-13,15H,1-2,6,8H2/b4-3+. The third-order valence-electron chi connectivity index (χ3n) is 3.65. The molecule has 3 heterocycles. The molecule has 2 aliphatic rings. The Bertz CT molecular complexity index is 387. The average molecular weight is 235 g/mol. The Morgan fingerprint density at radius 2 is 2.47 bits per heavy atom. The SMILES string of the molecule is OCC1C(/C=C/c2ccoc2)ON2CCCC12. The Balaban J connectivity index is 1.71. The zero-order chi connectivity index (χ0) is 11.7. The monoisotopic (exact) mass is 235 g/mol. The lowest BCUT2D eigenvalue weighted by Gasteiger charge is -2.15. The molecule has 0 radical (unpaired) electrons. The predicted molar refractivity (Wildman–Crippen MR) is 62.9 cm³/mol. The molecule has 0 saturated carbocycles. The highest BCUT2D eigenvalue weighted by atomic mass is 16.7. The normalized spacial score (nSPS) is 33.6. The molecule has 0 amide bonds. The smallest absolute Gasteiger partial charge is 0.104 e. The Morgan fingerprint density at radius 1 is 1.53 bits per heavy atom. The van der Waals surface area contributed by atoms with Crippen LogP contribution in [0.2, 0.25) is 0 Å². The van der Waals surface area contributed by atoms with Gasteiger partial charge in [0.25, 0.3) is 0 Å². The lowest BCUT2D eigenvalue weighted by atomic mass is 9.94. The van der Waals surface area contributed by atoms with Gasteiger partial charge in [-0.15, -0.1) is 0 Å². The van der Waals surface area contributed by atoms with Crippen LogP contribution in [-0.4, -0.2) is 35.5 Å². The summed E-state index contributed by atoms with van der Waals surface area (Å²) in [6, 6.07) is 2.29. The molecule has 3 atom stereocenters. The van der Waals surface area contributed by atoms with Gasteiger partial charge in [0, 0.05) is 24.1 Å². The average Bonchev–Trinajstić information content (AvgIpc) is 3.02. The highest BCUT2D eigenvalue weighted by Gasteiger charge is 2.43. The summed E-state index contributed by atoms with van der Waals surface area (Å²) in [5, 5.41) is 11.5. The molecule has 1 N–H and O–H groups in total. The molecule has 0 aromatic carbocycles. The molecule has 4 heteroatoms. The maximum Gasteiger partial charge on any atom is 0.104 e. The topological polar surface area (TPSA) is 45.8 Å². The molecular weight excluding hydrogens is 218 g/mol. The molecule has 4 nitrogen and oxygen atoms in total. The van der Waals surface area contributed by atoms with Gasteiger partial charge in [0.1, 0.15) is 6.10 Å². The minimum absolute atomic E-state index is 0.0137. The summed E-state index contributed by atoms with van der Waals surface area (Å²) in [7, 11) is 0. The van der Waals surface area contributed by atoms with Crippen molar-refractivity contribution in [3.05, 3.63) is 30.2 Å². The van der Waals surface area contributed by atoms with Crippen LogP contribution in [0.15, 0.2) is 29.1 Å². The number of hydroxylamine groups is 2. The van der Waals surface area contributed by atoms with Gasteiger partial charge >= 0.3 is 0 Å². The first-order valence-electron chi connectivity index (χ1n) is 6.13. The minimum Gasteiger partial charge on any atom is -0.472 e. The van der Waals surface area contributed by atoms with Gasteiger partial charge in [-0.05, 0) is 18.9 Å². The molecule has 0 aliphatic carbocycles. The van der Waals surface area contributed by atoms with Crippen molar-refractivity contribution >= 4 is 6.08 Å². The third-order valence-corrected chi connectivity index (χ3v) is 3.65. The fourth-order valence-electron chi connectivity index (χ4n) is 2.76. The molecular formula is C13H17NO3. The van der Waals surface area contributed by atoms with E-state index in [2.05, 4.69) is 0 Å². The maximum absolute atomic E-state index is 9.48. The lowest BCUT2D eigenvalue weighted by molar-refractivity contribution is -0.135. The highest BCUT2D eigenvalue weighted by Crippen LogP contribution is 2.35. The number of fused-ring (bicyclic) bond motifs is 1. The molecule has 17 heavy (non-hydrogen) atoms. The van der Waals surface area contributed by atoms with Crippen molar-refractivity contribution in [1.29, 1.82) is 0 Å². The summed E-state index contributed by atoms with van der Waals surface area (Å²) in [5.74, 6) is 0.195. The van der Waals surface area contributed by atoms with Crippen molar-refractivity contribution in [2.24, 2.45) is 5.92 Å². The van der Waals surface area contributed by atoms with Crippen LogP contribution in [0.3, 0.4) is 0 Å². The van der Waals surface area contributed by atoms with Gasteiger partial charge in [-0.3, -0.25) is 4.84 Å². The number of rotatable bonds is 3. The largest absolute Gasteiger partial charge is 0.472 e. The number of nitrogens with zero attached hydrogens (tertiary/aromatic N) is 1. The molecule has 92 valence electrons. The van der Waals surface area contributed by atoms with Crippen LogP contribution in [0.25, 0.3) is 6.08 Å². The van der Waals surface area contributed by atoms with E-state index in [0.717, 1.165) is 18.5 Å². The number of aliphatic hydroxyl groups is 1. The predicted octanol–water partition coefficient (Wildman–Crippen LogP) is 1.68. The first-order chi connectivity index (χ1) is 8.38. The van der Waals surface area contributed by atoms with E-state index in [0.29, 0.717) is 6.04 Å². The second-order valence-corrected chi connectivity index (χ2v) is 4.68. The van der Waals surface area contributed by atoms with E-state index in [1.54, 1.807) is 12.5 Å². The lowest BCUT2D eigenvalue weighted by Crippen LogP contribution is -2.28. The van der Waals surface area contributed by atoms with Gasteiger partial charge < -0.3 is 9.52 Å². The Kier molecular flexibility index (Phi) is 3.01. The third kappa shape index (κ3) is 2.04. The second-order valence-electron chi connectivity index (χ2n) is 4.68. The molecule has 2 aliphatic heterocycles. The van der Waals surface area contributed by atoms with Crippen molar-refractivity contribution < 1.29 is 14.4 Å². The van der Waals surface area contributed by atoms with Crippen LogP contribution < -0.4 is 0 Å². The van der Waals surface area contributed by atoms with Crippen molar-refractivity contribution in [2.75, 3.05) is 13.2 Å². The molecule has 2 fully saturated rings. The Morgan fingerprint density at radius 3 is 3.24 bits per heavy atom. The van der Waals surface area contributed by atoms with Crippen molar-refractivity contribution in [2.45, 2.75) is 25.0 Å². The van der Waals surface area contributed by atoms with Crippen molar-refractivity contribution in [1.82, 2.24) is 5.06 Å². The van der Waals surface area contributed by atoms with E-state index in [4.69, 9.17) is 9.25 Å². The fraction of sp³-hybridized carbons (Fsp3) is 0.538. The minimum atomic E-state index is -0.0137. The van der Waals surface area contributed by atoms with Crippen molar-refractivity contribution in [3.63, 3.8) is 0 Å². The van der Waals surface area contributed by atoms with Crippen LogP contribution in [0, 0.1) is 5.92 Å². The molecule has 3 unspecified atom stereocenters. The van der Waals surface area contributed by atoms with E-state index in [1.165, 1.54) is 6.42 Å². The number of furan rings is 1. The van der Waals surface area contributed by atoms with Crippen LogP contribution >= 0.6 is 0 Å². The van der Waals surface area contributed by atoms with Gasteiger partial charge in [0.2, 0.25) is 0 Å². The van der Waals surface area contributed by atoms with Gasteiger partial charge in [0.05, 0.1) is 19.1 Å². The van der Waals surface area contributed by atoms with Gasteiger partial charge in [0.15, 0.2) is 0 Å². The summed E-state index contributed by atoms with van der Waals surface area (Å²) < 4.78 is 5.01. The van der Waals surface area contributed by atoms with Gasteiger partial charge in [-0.25, -0.2) is 0 Å².